The van der Waals surface area contributed by atoms with Crippen LogP contribution in [0.25, 0.3) is 22.6 Å². The van der Waals surface area contributed by atoms with Crippen LogP contribution in [0, 0.1) is 27.7 Å². The highest BCUT2D eigenvalue weighted by Gasteiger charge is 2.19. The summed E-state index contributed by atoms with van der Waals surface area (Å²) in [7, 11) is 1.79. The Hall–Kier alpha value is -2.77. The molecule has 0 aliphatic rings. The third-order valence-corrected chi connectivity index (χ3v) is 4.63. The fourth-order valence-corrected chi connectivity index (χ4v) is 3.03. The van der Waals surface area contributed by atoms with Crippen LogP contribution < -0.4 is 10.1 Å². The molecule has 0 spiro atoms. The molecule has 1 atom stereocenters. The van der Waals surface area contributed by atoms with Gasteiger partial charge in [0.25, 0.3) is 0 Å². The minimum absolute atomic E-state index is 0.211. The Balaban J connectivity index is 1.95. The van der Waals surface area contributed by atoms with E-state index in [4.69, 9.17) is 14.2 Å². The molecule has 0 saturated carbocycles. The molecule has 2 heterocycles. The van der Waals surface area contributed by atoms with Crippen LogP contribution in [0.4, 0.5) is 0 Å². The van der Waals surface area contributed by atoms with Crippen molar-refractivity contribution in [3.05, 3.63) is 47.0 Å². The van der Waals surface area contributed by atoms with E-state index in [0.29, 0.717) is 18.1 Å². The number of nitrogens with one attached hydrogen (secondary N) is 1. The molecule has 0 aliphatic carbocycles. The van der Waals surface area contributed by atoms with Crippen molar-refractivity contribution < 1.29 is 14.4 Å². The third-order valence-electron chi connectivity index (χ3n) is 4.63. The third kappa shape index (κ3) is 4.21. The van der Waals surface area contributed by atoms with Crippen molar-refractivity contribution in [1.29, 1.82) is 0 Å². The largest absolute Gasteiger partial charge is 0.491 e. The first-order valence-corrected chi connectivity index (χ1v) is 9.25. The zero-order chi connectivity index (χ0) is 20.3. The molecule has 1 unspecified atom stereocenters. The minimum atomic E-state index is -0.572. The van der Waals surface area contributed by atoms with Gasteiger partial charge in [-0.3, -0.25) is 0 Å². The Morgan fingerprint density at radius 2 is 1.93 bits per heavy atom. The average Bonchev–Trinajstić information content (AvgIpc) is 3.01. The van der Waals surface area contributed by atoms with Crippen LogP contribution in [-0.4, -0.2) is 46.5 Å². The van der Waals surface area contributed by atoms with E-state index in [-0.39, 0.29) is 6.61 Å². The van der Waals surface area contributed by atoms with Crippen LogP contribution in [0.2, 0.25) is 0 Å². The van der Waals surface area contributed by atoms with E-state index in [2.05, 4.69) is 15.5 Å². The topological polar surface area (TPSA) is 93.3 Å². The number of nitrogens with zero attached hydrogens (tertiary/aromatic N) is 3. The van der Waals surface area contributed by atoms with Gasteiger partial charge in [-0.05, 0) is 52.4 Å². The molecule has 0 bridgehead atoms. The summed E-state index contributed by atoms with van der Waals surface area (Å²) in [4.78, 5) is 9.47. The second-order valence-electron chi connectivity index (χ2n) is 6.86. The molecule has 0 radical (unpaired) electrons. The standard InChI is InChI=1S/C21H26N4O3/c1-12-13(2)23-21(24-20(12)19-14(3)25-28-15(19)4)16-7-6-8-18(9-16)27-11-17(26)10-22-5/h6-9,17,22,26H,10-11H2,1-5H3. The summed E-state index contributed by atoms with van der Waals surface area (Å²) in [6.07, 6.45) is -0.572. The summed E-state index contributed by atoms with van der Waals surface area (Å²) in [5, 5.41) is 16.8. The normalized spacial score (nSPS) is 12.2. The second kappa shape index (κ2) is 8.50. The Kier molecular flexibility index (Phi) is 6.06. The Bertz CT molecular complexity index is 949. The molecular weight excluding hydrogens is 356 g/mol. The van der Waals surface area contributed by atoms with Crippen LogP contribution >= 0.6 is 0 Å². The maximum absolute atomic E-state index is 9.83. The van der Waals surface area contributed by atoms with Crippen molar-refractivity contribution in [1.82, 2.24) is 20.4 Å². The second-order valence-corrected chi connectivity index (χ2v) is 6.86. The van der Waals surface area contributed by atoms with Gasteiger partial charge >= 0.3 is 0 Å². The summed E-state index contributed by atoms with van der Waals surface area (Å²) in [5.74, 6) is 2.01. The minimum Gasteiger partial charge on any atom is -0.491 e. The number of rotatable bonds is 7. The van der Waals surface area contributed by atoms with Crippen LogP contribution in [0.1, 0.15) is 22.7 Å². The summed E-state index contributed by atoms with van der Waals surface area (Å²) in [5.41, 5.74) is 5.29. The van der Waals surface area contributed by atoms with Crippen LogP contribution in [0.15, 0.2) is 28.8 Å². The van der Waals surface area contributed by atoms with Crippen molar-refractivity contribution in [3.63, 3.8) is 0 Å². The SMILES string of the molecule is CNCC(O)COc1cccc(-c2nc(C)c(C)c(-c3c(C)noc3C)n2)c1. The fourth-order valence-electron chi connectivity index (χ4n) is 3.03. The smallest absolute Gasteiger partial charge is 0.160 e. The zero-order valence-corrected chi connectivity index (χ0v) is 16.9. The number of aromatic nitrogens is 3. The van der Waals surface area contributed by atoms with E-state index < -0.39 is 6.10 Å². The van der Waals surface area contributed by atoms with Crippen molar-refractivity contribution in [3.8, 4) is 28.4 Å². The molecule has 148 valence electrons. The first kappa shape index (κ1) is 20.0. The number of likely N-dealkylation sites (N-methyl/N-ethyl adjacent to an activating group) is 1. The predicted molar refractivity (Wildman–Crippen MR) is 107 cm³/mol. The molecule has 7 heteroatoms. The van der Waals surface area contributed by atoms with Gasteiger partial charge < -0.3 is 19.7 Å². The van der Waals surface area contributed by atoms with Crippen LogP contribution in [0.5, 0.6) is 5.75 Å². The number of ether oxygens (including phenoxy) is 1. The van der Waals surface area contributed by atoms with Gasteiger partial charge in [-0.1, -0.05) is 17.3 Å². The summed E-state index contributed by atoms with van der Waals surface area (Å²) in [6.45, 7) is 8.45. The monoisotopic (exact) mass is 382 g/mol. The molecule has 2 aromatic heterocycles. The molecule has 0 aliphatic heterocycles. The first-order chi connectivity index (χ1) is 13.4. The van der Waals surface area contributed by atoms with E-state index >= 15 is 0 Å². The number of hydrogen-bond donors (Lipinski definition) is 2. The molecule has 0 saturated heterocycles. The number of aliphatic hydroxyl groups excluding tert-OH is 1. The number of hydrogen-bond acceptors (Lipinski definition) is 7. The molecule has 0 amide bonds. The lowest BCUT2D eigenvalue weighted by Gasteiger charge is -2.13. The fraction of sp³-hybridized carbons (Fsp3) is 0.381. The van der Waals surface area contributed by atoms with E-state index in [1.165, 1.54) is 0 Å². The summed E-state index contributed by atoms with van der Waals surface area (Å²) in [6, 6.07) is 7.57. The highest BCUT2D eigenvalue weighted by molar-refractivity contribution is 5.70. The molecule has 7 nitrogen and oxygen atoms in total. The van der Waals surface area contributed by atoms with E-state index in [0.717, 1.165) is 39.5 Å². The van der Waals surface area contributed by atoms with Crippen molar-refractivity contribution in [2.24, 2.45) is 0 Å². The first-order valence-electron chi connectivity index (χ1n) is 9.25. The Labute approximate surface area is 164 Å². The lowest BCUT2D eigenvalue weighted by atomic mass is 10.0. The molecule has 0 fully saturated rings. The maximum Gasteiger partial charge on any atom is 0.160 e. The highest BCUT2D eigenvalue weighted by Crippen LogP contribution is 2.31. The van der Waals surface area contributed by atoms with E-state index in [1.54, 1.807) is 7.05 Å². The lowest BCUT2D eigenvalue weighted by Crippen LogP contribution is -2.29. The van der Waals surface area contributed by atoms with Crippen LogP contribution in [-0.2, 0) is 0 Å². The van der Waals surface area contributed by atoms with Crippen LogP contribution in [0.3, 0.4) is 0 Å². The average molecular weight is 382 g/mol. The van der Waals surface area contributed by atoms with Gasteiger partial charge in [-0.15, -0.1) is 0 Å². The summed E-state index contributed by atoms with van der Waals surface area (Å²) >= 11 is 0. The van der Waals surface area contributed by atoms with Crippen molar-refractivity contribution >= 4 is 0 Å². The maximum atomic E-state index is 9.83. The number of aryl methyl sites for hydroxylation is 3. The van der Waals surface area contributed by atoms with E-state index in [9.17, 15) is 5.11 Å². The highest BCUT2D eigenvalue weighted by atomic mass is 16.5. The van der Waals surface area contributed by atoms with Gasteiger partial charge in [-0.2, -0.15) is 0 Å². The van der Waals surface area contributed by atoms with E-state index in [1.807, 2.05) is 52.0 Å². The molecule has 1 aromatic carbocycles. The molecular formula is C21H26N4O3. The van der Waals surface area contributed by atoms with Gasteiger partial charge in [0.1, 0.15) is 24.2 Å². The zero-order valence-electron chi connectivity index (χ0n) is 16.9. The Morgan fingerprint density at radius 3 is 2.61 bits per heavy atom. The lowest BCUT2D eigenvalue weighted by molar-refractivity contribution is 0.108. The number of benzene rings is 1. The van der Waals surface area contributed by atoms with Gasteiger partial charge in [0, 0.05) is 17.8 Å². The van der Waals surface area contributed by atoms with Gasteiger partial charge in [0.15, 0.2) is 5.82 Å². The quantitative estimate of drug-likeness (QED) is 0.649. The number of aliphatic hydroxyl groups is 1. The van der Waals surface area contributed by atoms with Crippen molar-refractivity contribution in [2.75, 3.05) is 20.2 Å². The predicted octanol–water partition coefficient (Wildman–Crippen LogP) is 2.99. The molecule has 3 rings (SSSR count). The molecule has 28 heavy (non-hydrogen) atoms. The Morgan fingerprint density at radius 1 is 1.14 bits per heavy atom. The van der Waals surface area contributed by atoms with Gasteiger partial charge in [0.05, 0.1) is 17.0 Å². The molecule has 3 aromatic rings. The van der Waals surface area contributed by atoms with Crippen molar-refractivity contribution in [2.45, 2.75) is 33.8 Å². The summed E-state index contributed by atoms with van der Waals surface area (Å²) < 4.78 is 11.0. The van der Waals surface area contributed by atoms with Gasteiger partial charge in [0.2, 0.25) is 0 Å². The molecule has 2 N–H and O–H groups in total. The van der Waals surface area contributed by atoms with Gasteiger partial charge in [-0.25, -0.2) is 9.97 Å².